The van der Waals surface area contributed by atoms with Crippen LogP contribution in [0.15, 0.2) is 121 Å². The highest BCUT2D eigenvalue weighted by molar-refractivity contribution is 6.32. The smallest absolute Gasteiger partial charge is 0.408 e. The summed E-state index contributed by atoms with van der Waals surface area (Å²) in [6, 6.07) is 29.2. The van der Waals surface area contributed by atoms with E-state index in [1.54, 1.807) is 30.3 Å². The molecule has 85 heavy (non-hydrogen) atoms. The van der Waals surface area contributed by atoms with Crippen molar-refractivity contribution in [1.29, 1.82) is 0 Å². The molecule has 4 spiro atoms. The molecule has 18 heteroatoms. The quantitative estimate of drug-likeness (QED) is 0.0314. The van der Waals surface area contributed by atoms with Gasteiger partial charge in [-0.25, -0.2) is 4.79 Å². The zero-order valence-corrected chi connectivity index (χ0v) is 48.7. The number of aliphatic hydroxyl groups is 2. The van der Waals surface area contributed by atoms with Gasteiger partial charge in [-0.2, -0.15) is 0 Å². The second kappa shape index (κ2) is 19.0. The van der Waals surface area contributed by atoms with E-state index in [1.807, 2.05) is 36.4 Å². The third-order valence-electron chi connectivity index (χ3n) is 22.2. The Morgan fingerprint density at radius 3 is 1.94 bits per heavy atom. The molecular formula is C67H64Cl2N4O12. The maximum absolute atomic E-state index is 13.5. The van der Waals surface area contributed by atoms with E-state index >= 15 is 0 Å². The molecular weight excluding hydrogens is 1120 g/mol. The highest BCUT2D eigenvalue weighted by Gasteiger charge is 2.86. The van der Waals surface area contributed by atoms with Crippen molar-refractivity contribution >= 4 is 52.5 Å². The Morgan fingerprint density at radius 1 is 0.718 bits per heavy atom. The minimum absolute atomic E-state index is 0.00806. The minimum Gasteiger partial charge on any atom is -0.486 e. The van der Waals surface area contributed by atoms with Crippen LogP contribution in [0.25, 0.3) is 0 Å². The number of hydrogen-bond donors (Lipinski definition) is 3. The molecule has 0 radical (unpaired) electrons. The predicted molar refractivity (Wildman–Crippen MR) is 313 cm³/mol. The first-order valence-electron chi connectivity index (χ1n) is 29.7. The number of rotatable bonds is 9. The largest absolute Gasteiger partial charge is 0.486 e. The van der Waals surface area contributed by atoms with E-state index in [2.05, 4.69) is 66.5 Å². The standard InChI is InChI=1S/C30H29ClN2O4.C20H18ClNO5.C17H17NO3/c1-16-10-11-18-23-24(16)37-26-21(13-12-19-25-30(18,33(25)2)15-28(19,23)26)36-27(35)32-29(14-6-5-9-22(29)34)17-7-3-4-8-20(17)31;21-17-6-2-1-5-16(17)20(12-4-3-7-18(20)23)13-19(24)27-15-10-8-14(9-11-15)22(25)26;1-18-14-10-4-5-11(20)15-16(10)7-17(14,18)9-3-2-8(6-19)13(21-15)12(9)16/h3-4,7-8,10-13,19,21,25-26H,5-6,9,14-15H2,1-2H3,(H,32,35);1-2,5-6,8-11H,3-4,7,12-13H2;2-5,10-11,14-15,19-20H,6-7H2,1H3/t19-,21-,25-,26-,28-,29?,30-,33?;;10?,11-,14-,15-,16-,17-,18?/m0.0/s1. The molecule has 4 aliphatic heterocycles. The minimum atomic E-state index is -1.18. The number of Topliss-reactive ketones (excluding diaryl/α,β-unsaturated/α-hetero) is 2. The number of hydrogen-bond acceptors (Lipinski definition) is 14. The summed E-state index contributed by atoms with van der Waals surface area (Å²) < 4.78 is 24.3. The molecule has 16 atom stereocenters. The zero-order chi connectivity index (χ0) is 58.9. The summed E-state index contributed by atoms with van der Waals surface area (Å²) in [6.07, 6.45) is 13.2. The summed E-state index contributed by atoms with van der Waals surface area (Å²) in [5.74, 6) is 2.18. The number of carbonyl (C=O) groups excluding carboxylic acids is 4. The van der Waals surface area contributed by atoms with E-state index in [-0.39, 0.29) is 70.1 Å². The zero-order valence-electron chi connectivity index (χ0n) is 47.2. The number of nitrogens with zero attached hydrogens (tertiary/aromatic N) is 3. The van der Waals surface area contributed by atoms with Gasteiger partial charge in [0.15, 0.2) is 11.9 Å². The Morgan fingerprint density at radius 2 is 1.31 bits per heavy atom. The van der Waals surface area contributed by atoms with Gasteiger partial charge in [0.1, 0.15) is 46.9 Å². The molecule has 0 aromatic heterocycles. The van der Waals surface area contributed by atoms with Crippen LogP contribution in [0.2, 0.25) is 10.0 Å². The molecule has 17 rings (SSSR count). The average molecular weight is 1190 g/mol. The van der Waals surface area contributed by atoms with E-state index in [0.717, 1.165) is 61.2 Å². The lowest BCUT2D eigenvalue weighted by atomic mass is 9.64. The maximum atomic E-state index is 13.5. The lowest BCUT2D eigenvalue weighted by Crippen LogP contribution is -2.57. The van der Waals surface area contributed by atoms with Crippen LogP contribution in [-0.2, 0) is 58.6 Å². The van der Waals surface area contributed by atoms with Gasteiger partial charge < -0.3 is 34.5 Å². The molecule has 1 amide bonds. The number of halogens is 2. The highest BCUT2D eigenvalue weighted by atomic mass is 35.5. The van der Waals surface area contributed by atoms with Crippen LogP contribution < -0.4 is 19.5 Å². The van der Waals surface area contributed by atoms with Crippen molar-refractivity contribution in [3.8, 4) is 17.2 Å². The number of esters is 1. The molecule has 2 saturated heterocycles. The van der Waals surface area contributed by atoms with Crippen LogP contribution >= 0.6 is 23.2 Å². The third-order valence-corrected chi connectivity index (χ3v) is 22.8. The Kier molecular flexibility index (Phi) is 12.3. The van der Waals surface area contributed by atoms with Gasteiger partial charge in [-0.3, -0.25) is 34.3 Å². The van der Waals surface area contributed by atoms with Crippen LogP contribution in [0.5, 0.6) is 17.2 Å². The molecule has 6 fully saturated rings. The van der Waals surface area contributed by atoms with E-state index in [1.165, 1.54) is 46.5 Å². The van der Waals surface area contributed by atoms with Crippen molar-refractivity contribution in [1.82, 2.24) is 15.1 Å². The average Bonchev–Trinajstić information content (AvgIpc) is 1.45. The van der Waals surface area contributed by atoms with Crippen molar-refractivity contribution in [2.45, 2.75) is 154 Å². The number of ether oxygens (including phenoxy) is 4. The van der Waals surface area contributed by atoms with Gasteiger partial charge in [0.05, 0.1) is 39.9 Å². The van der Waals surface area contributed by atoms with Crippen molar-refractivity contribution in [3.05, 3.63) is 186 Å². The number of fused-ring (bicyclic) bond motifs is 2. The molecule has 16 nitrogen and oxygen atoms in total. The van der Waals surface area contributed by atoms with Gasteiger partial charge in [0.25, 0.3) is 5.69 Å². The first-order valence-corrected chi connectivity index (χ1v) is 30.5. The van der Waals surface area contributed by atoms with Crippen molar-refractivity contribution in [3.63, 3.8) is 0 Å². The fourth-order valence-corrected chi connectivity index (χ4v) is 19.2. The van der Waals surface area contributed by atoms with Crippen LogP contribution in [0.4, 0.5) is 10.5 Å². The second-order valence-electron chi connectivity index (χ2n) is 25.7. The Labute approximate surface area is 501 Å². The number of likely N-dealkylation sites (tertiary alicyclic amines) is 2. The van der Waals surface area contributed by atoms with E-state index in [4.69, 9.17) is 42.1 Å². The number of likely N-dealkylation sites (N-methyl/N-ethyl adjacent to an activating group) is 2. The van der Waals surface area contributed by atoms with Gasteiger partial charge in [0.2, 0.25) is 0 Å². The summed E-state index contributed by atoms with van der Waals surface area (Å²) in [6.45, 7) is 2.08. The van der Waals surface area contributed by atoms with Crippen molar-refractivity contribution in [2.75, 3.05) is 14.1 Å². The number of aryl methyl sites for hydroxylation is 1. The maximum Gasteiger partial charge on any atom is 0.408 e. The number of non-ortho nitro benzene ring substituents is 1. The summed E-state index contributed by atoms with van der Waals surface area (Å²) in [7, 11) is 4.43. The molecule has 3 N–H and O–H groups in total. The third kappa shape index (κ3) is 7.23. The van der Waals surface area contributed by atoms with Gasteiger partial charge >= 0.3 is 12.1 Å². The second-order valence-corrected chi connectivity index (χ2v) is 26.5. The summed E-state index contributed by atoms with van der Waals surface area (Å²) in [5.41, 5.74) is 6.38. The number of nitro groups is 1. The summed E-state index contributed by atoms with van der Waals surface area (Å²) in [4.78, 5) is 67.4. The molecule has 5 aromatic rings. The fourth-order valence-electron chi connectivity index (χ4n) is 18.6. The molecule has 4 saturated carbocycles. The number of aliphatic hydroxyl groups excluding tert-OH is 2. The summed E-state index contributed by atoms with van der Waals surface area (Å²) in [5, 5.41) is 34.7. The van der Waals surface area contributed by atoms with Crippen LogP contribution in [0.1, 0.15) is 115 Å². The lowest BCUT2D eigenvalue weighted by molar-refractivity contribution is -0.384. The van der Waals surface area contributed by atoms with Gasteiger partial charge in [-0.05, 0) is 119 Å². The number of piperidine rings is 2. The Balaban J connectivity index is 0.000000113. The van der Waals surface area contributed by atoms with E-state index in [9.17, 15) is 39.5 Å². The van der Waals surface area contributed by atoms with Crippen LogP contribution in [-0.4, -0.2) is 99.2 Å². The summed E-state index contributed by atoms with van der Waals surface area (Å²) >= 11 is 12.9. The van der Waals surface area contributed by atoms with Gasteiger partial charge in [-0.1, -0.05) is 109 Å². The van der Waals surface area contributed by atoms with Gasteiger partial charge in [0, 0.05) is 86.6 Å². The molecule has 8 aliphatic carbocycles. The van der Waals surface area contributed by atoms with Crippen LogP contribution in [0, 0.1) is 28.9 Å². The number of carbonyl (C=O) groups is 4. The number of alkyl carbamates (subject to hydrolysis) is 1. The van der Waals surface area contributed by atoms with Gasteiger partial charge in [-0.15, -0.1) is 0 Å². The molecule has 4 heterocycles. The fraction of sp³-hybridized carbons (Fsp3) is 0.433. The number of benzene rings is 5. The number of amides is 1. The van der Waals surface area contributed by atoms with E-state index in [0.29, 0.717) is 70.8 Å². The number of nitro benzene ring substituents is 1. The first kappa shape index (κ1) is 54.7. The normalized spacial score (nSPS) is 37.1. The molecule has 438 valence electrons. The Hall–Kier alpha value is -6.92. The van der Waals surface area contributed by atoms with E-state index < -0.39 is 40.1 Å². The monoisotopic (exact) mass is 1190 g/mol. The van der Waals surface area contributed by atoms with Crippen molar-refractivity contribution < 1.29 is 53.3 Å². The first-order chi connectivity index (χ1) is 40.9. The molecule has 5 unspecified atom stereocenters. The topological polar surface area (TPSA) is 207 Å². The van der Waals surface area contributed by atoms with Crippen molar-refractivity contribution in [2.24, 2.45) is 11.8 Å². The number of nitrogens with one attached hydrogen (secondary N) is 1. The Bertz CT molecular complexity index is 3820. The highest BCUT2D eigenvalue weighted by Crippen LogP contribution is 2.81. The SMILES string of the molecule is CN1[C@H]2C3C=C[C@H](O)[C@@H]4Oc5c(CO)ccc6c5[C@]34C[C@]621.Cc1ccc2c3c1O[C@H]1[C@@H](OC(=O)NC4(c5ccccc5Cl)CCCCC4=O)C=C[C@H]4[C@@H]5N(C)[C@@]25C[C@@]341.O=C(CC1(c2ccccc2Cl)CCCCC1=O)Oc1ccc([N+](=O)[O-])cc1. The lowest BCUT2D eigenvalue weighted by Gasteiger charge is -2.42. The molecule has 4 bridgehead atoms. The predicted octanol–water partition coefficient (Wildman–Crippen LogP) is 10.2. The van der Waals surface area contributed by atoms with Crippen LogP contribution in [0.3, 0.4) is 0 Å². The number of ketones is 2. The molecule has 12 aliphatic rings. The molecule has 5 aromatic carbocycles.